The Morgan fingerprint density at radius 1 is 0.850 bits per heavy atom. The van der Waals surface area contributed by atoms with Crippen molar-refractivity contribution in [2.75, 3.05) is 13.1 Å². The van der Waals surface area contributed by atoms with E-state index < -0.39 is 0 Å². The third-order valence-electron chi connectivity index (χ3n) is 3.39. The van der Waals surface area contributed by atoms with Crippen LogP contribution < -0.4 is 5.32 Å². The smallest absolute Gasteiger partial charge is 0.194 e. The molecule has 0 amide bonds. The highest BCUT2D eigenvalue weighted by Gasteiger charge is 2.15. The summed E-state index contributed by atoms with van der Waals surface area (Å²) in [5.74, 6) is 1.01. The van der Waals surface area contributed by atoms with Crippen molar-refractivity contribution in [3.63, 3.8) is 0 Å². The topological polar surface area (TPSA) is 27.6 Å². The van der Waals surface area contributed by atoms with Gasteiger partial charge in [0, 0.05) is 19.6 Å². The fourth-order valence-electron chi connectivity index (χ4n) is 2.41. The molecule has 2 aromatic carbocycles. The average Bonchev–Trinajstić information content (AvgIpc) is 3.03. The molecule has 0 saturated heterocycles. The third-order valence-corrected chi connectivity index (χ3v) is 3.39. The van der Waals surface area contributed by atoms with Crippen LogP contribution in [0.5, 0.6) is 0 Å². The Bertz CT molecular complexity index is 522. The van der Waals surface area contributed by atoms with Crippen molar-refractivity contribution in [1.82, 2.24) is 10.2 Å². The van der Waals surface area contributed by atoms with Crippen molar-refractivity contribution in [3.05, 3.63) is 71.8 Å². The number of guanidine groups is 1. The predicted molar refractivity (Wildman–Crippen MR) is 82.4 cm³/mol. The molecule has 2 aromatic rings. The SMILES string of the molecule is c1ccc(CN(Cc2ccccc2)C2=NCCN2)cc1. The Morgan fingerprint density at radius 3 is 1.85 bits per heavy atom. The number of nitrogens with zero attached hydrogens (tertiary/aromatic N) is 2. The molecule has 1 aliphatic heterocycles. The summed E-state index contributed by atoms with van der Waals surface area (Å²) in [6, 6.07) is 21.1. The van der Waals surface area contributed by atoms with Crippen molar-refractivity contribution in [1.29, 1.82) is 0 Å². The van der Waals surface area contributed by atoms with Gasteiger partial charge in [-0.25, -0.2) is 0 Å². The zero-order valence-corrected chi connectivity index (χ0v) is 11.5. The molecule has 102 valence electrons. The molecule has 1 N–H and O–H groups in total. The molecule has 0 radical (unpaired) electrons. The van der Waals surface area contributed by atoms with Crippen LogP contribution in [0.15, 0.2) is 65.7 Å². The molecule has 1 heterocycles. The Balaban J connectivity index is 1.77. The van der Waals surface area contributed by atoms with E-state index in [4.69, 9.17) is 0 Å². The molecule has 0 fully saturated rings. The molecule has 0 aromatic heterocycles. The number of hydrogen-bond donors (Lipinski definition) is 1. The van der Waals surface area contributed by atoms with Crippen molar-refractivity contribution >= 4 is 5.96 Å². The Labute approximate surface area is 120 Å². The van der Waals surface area contributed by atoms with E-state index in [0.29, 0.717) is 0 Å². The first-order valence-electron chi connectivity index (χ1n) is 7.03. The van der Waals surface area contributed by atoms with E-state index >= 15 is 0 Å². The summed E-state index contributed by atoms with van der Waals surface area (Å²) < 4.78 is 0. The third kappa shape index (κ3) is 3.18. The van der Waals surface area contributed by atoms with Crippen LogP contribution >= 0.6 is 0 Å². The zero-order valence-electron chi connectivity index (χ0n) is 11.5. The van der Waals surface area contributed by atoms with Crippen LogP contribution in [0.3, 0.4) is 0 Å². The van der Waals surface area contributed by atoms with Gasteiger partial charge in [-0.1, -0.05) is 60.7 Å². The lowest BCUT2D eigenvalue weighted by Crippen LogP contribution is -2.37. The minimum Gasteiger partial charge on any atom is -0.354 e. The van der Waals surface area contributed by atoms with Crippen LogP contribution in [0.2, 0.25) is 0 Å². The van der Waals surface area contributed by atoms with Crippen LogP contribution in [0.1, 0.15) is 11.1 Å². The summed E-state index contributed by atoms with van der Waals surface area (Å²) in [5.41, 5.74) is 2.61. The molecular weight excluding hydrogens is 246 g/mol. The number of hydrogen-bond acceptors (Lipinski definition) is 3. The molecule has 0 saturated carbocycles. The number of rotatable bonds is 4. The fraction of sp³-hybridized carbons (Fsp3) is 0.235. The van der Waals surface area contributed by atoms with Gasteiger partial charge in [0.2, 0.25) is 0 Å². The lowest BCUT2D eigenvalue weighted by Gasteiger charge is -2.24. The van der Waals surface area contributed by atoms with Gasteiger partial charge in [0.1, 0.15) is 0 Å². The number of aliphatic imine (C=N–C) groups is 1. The maximum Gasteiger partial charge on any atom is 0.194 e. The summed E-state index contributed by atoms with van der Waals surface area (Å²) in [6.45, 7) is 3.56. The Kier molecular flexibility index (Phi) is 3.97. The van der Waals surface area contributed by atoms with Gasteiger partial charge in [-0.3, -0.25) is 4.99 Å². The van der Waals surface area contributed by atoms with Gasteiger partial charge in [-0.05, 0) is 11.1 Å². The molecule has 3 heteroatoms. The van der Waals surface area contributed by atoms with Crippen molar-refractivity contribution in [2.24, 2.45) is 4.99 Å². The van der Waals surface area contributed by atoms with E-state index in [1.54, 1.807) is 0 Å². The largest absolute Gasteiger partial charge is 0.354 e. The molecule has 20 heavy (non-hydrogen) atoms. The van der Waals surface area contributed by atoms with Gasteiger partial charge >= 0.3 is 0 Å². The van der Waals surface area contributed by atoms with E-state index in [0.717, 1.165) is 32.1 Å². The maximum absolute atomic E-state index is 4.56. The number of benzene rings is 2. The molecule has 0 bridgehead atoms. The van der Waals surface area contributed by atoms with Crippen LogP contribution in [0.25, 0.3) is 0 Å². The van der Waals surface area contributed by atoms with E-state index in [2.05, 4.69) is 75.9 Å². The number of nitrogens with one attached hydrogen (secondary N) is 1. The van der Waals surface area contributed by atoms with Gasteiger partial charge in [-0.2, -0.15) is 0 Å². The average molecular weight is 265 g/mol. The summed E-state index contributed by atoms with van der Waals surface area (Å²) in [4.78, 5) is 6.86. The van der Waals surface area contributed by atoms with Crippen LogP contribution in [-0.4, -0.2) is 23.9 Å². The predicted octanol–water partition coefficient (Wildman–Crippen LogP) is 2.65. The molecular formula is C17H19N3. The summed E-state index contributed by atoms with van der Waals surface area (Å²) in [7, 11) is 0. The first kappa shape index (κ1) is 12.7. The van der Waals surface area contributed by atoms with Gasteiger partial charge < -0.3 is 10.2 Å². The molecule has 0 spiro atoms. The van der Waals surface area contributed by atoms with Crippen LogP contribution in [0, 0.1) is 0 Å². The zero-order chi connectivity index (χ0) is 13.6. The van der Waals surface area contributed by atoms with Gasteiger partial charge in [0.25, 0.3) is 0 Å². The molecule has 0 aliphatic carbocycles. The van der Waals surface area contributed by atoms with E-state index in [-0.39, 0.29) is 0 Å². The molecule has 3 nitrogen and oxygen atoms in total. The van der Waals surface area contributed by atoms with Crippen molar-refractivity contribution < 1.29 is 0 Å². The fourth-order valence-corrected chi connectivity index (χ4v) is 2.41. The molecule has 0 unspecified atom stereocenters. The second-order valence-corrected chi connectivity index (χ2v) is 4.96. The van der Waals surface area contributed by atoms with E-state index in [9.17, 15) is 0 Å². The van der Waals surface area contributed by atoms with E-state index in [1.165, 1.54) is 11.1 Å². The minimum atomic E-state index is 0.870. The summed E-state index contributed by atoms with van der Waals surface area (Å²) >= 11 is 0. The Hall–Kier alpha value is -2.29. The van der Waals surface area contributed by atoms with E-state index in [1.807, 2.05) is 0 Å². The van der Waals surface area contributed by atoms with Crippen molar-refractivity contribution in [2.45, 2.75) is 13.1 Å². The minimum absolute atomic E-state index is 0.870. The Morgan fingerprint density at radius 2 is 1.40 bits per heavy atom. The highest BCUT2D eigenvalue weighted by molar-refractivity contribution is 5.81. The summed E-state index contributed by atoms with van der Waals surface area (Å²) in [5, 5.41) is 3.37. The van der Waals surface area contributed by atoms with Crippen LogP contribution in [-0.2, 0) is 13.1 Å². The molecule has 1 aliphatic rings. The first-order valence-corrected chi connectivity index (χ1v) is 7.03. The maximum atomic E-state index is 4.56. The van der Waals surface area contributed by atoms with Gasteiger partial charge in [0.15, 0.2) is 5.96 Å². The highest BCUT2D eigenvalue weighted by atomic mass is 15.3. The first-order chi connectivity index (χ1) is 9.92. The lowest BCUT2D eigenvalue weighted by molar-refractivity contribution is 0.396. The summed E-state index contributed by atoms with van der Waals surface area (Å²) in [6.07, 6.45) is 0. The molecule has 0 atom stereocenters. The quantitative estimate of drug-likeness (QED) is 0.920. The standard InChI is InChI=1S/C17H19N3/c1-3-7-15(8-4-1)13-20(17-18-11-12-19-17)14-16-9-5-2-6-10-16/h1-10H,11-14H2,(H,18,19). The lowest BCUT2D eigenvalue weighted by atomic mass is 10.2. The van der Waals surface area contributed by atoms with Gasteiger partial charge in [-0.15, -0.1) is 0 Å². The van der Waals surface area contributed by atoms with Crippen LogP contribution in [0.4, 0.5) is 0 Å². The van der Waals surface area contributed by atoms with Gasteiger partial charge in [0.05, 0.1) is 6.54 Å². The normalized spacial score (nSPS) is 13.7. The van der Waals surface area contributed by atoms with Crippen molar-refractivity contribution in [3.8, 4) is 0 Å². The second kappa shape index (κ2) is 6.24. The second-order valence-electron chi connectivity index (χ2n) is 4.96. The monoisotopic (exact) mass is 265 g/mol. The molecule has 3 rings (SSSR count). The highest BCUT2D eigenvalue weighted by Crippen LogP contribution is 2.11.